The van der Waals surface area contributed by atoms with Gasteiger partial charge in [-0.3, -0.25) is 4.98 Å². The van der Waals surface area contributed by atoms with Crippen molar-refractivity contribution in [3.63, 3.8) is 0 Å². The largest absolute Gasteiger partial charge is 0.462 e. The Balaban J connectivity index is 1.67. The summed E-state index contributed by atoms with van der Waals surface area (Å²) < 4.78 is 11.2. The molecule has 0 atom stereocenters. The Morgan fingerprint density at radius 2 is 1.68 bits per heavy atom. The van der Waals surface area contributed by atoms with E-state index in [2.05, 4.69) is 22.4 Å². The molecule has 4 aromatic rings. The molecule has 0 saturated carbocycles. The van der Waals surface area contributed by atoms with Gasteiger partial charge in [-0.1, -0.05) is 48.5 Å². The highest BCUT2D eigenvalue weighted by molar-refractivity contribution is 6.05. The van der Waals surface area contributed by atoms with Crippen LogP contribution in [0.3, 0.4) is 0 Å². The number of hydrogen-bond donors (Lipinski definition) is 1. The minimum Gasteiger partial charge on any atom is -0.462 e. The lowest BCUT2D eigenvalue weighted by molar-refractivity contribution is 0.0527. The molecule has 0 bridgehead atoms. The molecule has 5 nitrogen and oxygen atoms in total. The summed E-state index contributed by atoms with van der Waals surface area (Å²) in [7, 11) is 0. The Morgan fingerprint density at radius 3 is 2.42 bits per heavy atom. The van der Waals surface area contributed by atoms with Gasteiger partial charge in [0.15, 0.2) is 0 Å². The number of aromatic nitrogens is 1. The number of benzene rings is 3. The van der Waals surface area contributed by atoms with Crippen LogP contribution in [0.5, 0.6) is 11.5 Å². The second-order valence-electron chi connectivity index (χ2n) is 7.02. The van der Waals surface area contributed by atoms with E-state index < -0.39 is 5.97 Å². The Labute approximate surface area is 181 Å². The maximum atomic E-state index is 12.6. The second-order valence-corrected chi connectivity index (χ2v) is 7.02. The molecule has 0 aliphatic heterocycles. The van der Waals surface area contributed by atoms with Crippen LogP contribution in [0.4, 0.5) is 5.69 Å². The van der Waals surface area contributed by atoms with Gasteiger partial charge < -0.3 is 14.8 Å². The van der Waals surface area contributed by atoms with Crippen LogP contribution in [-0.4, -0.2) is 24.1 Å². The predicted molar refractivity (Wildman–Crippen MR) is 123 cm³/mol. The van der Waals surface area contributed by atoms with Gasteiger partial charge in [0.05, 0.1) is 17.8 Å². The summed E-state index contributed by atoms with van der Waals surface area (Å²) in [4.78, 5) is 17.0. The van der Waals surface area contributed by atoms with E-state index in [1.165, 1.54) is 5.56 Å². The van der Waals surface area contributed by atoms with E-state index in [0.717, 1.165) is 23.1 Å². The normalized spacial score (nSPS) is 10.6. The molecule has 31 heavy (non-hydrogen) atoms. The Hall–Kier alpha value is -3.86. The molecule has 0 amide bonds. The minimum absolute atomic E-state index is 0.303. The molecular formula is C26H24N2O3. The number of carbonyl (C=O) groups excluding carboxylic acids is 1. The Bertz CT molecular complexity index is 1160. The molecule has 1 heterocycles. The van der Waals surface area contributed by atoms with Crippen molar-refractivity contribution in [3.05, 3.63) is 96.2 Å². The van der Waals surface area contributed by atoms with Crippen LogP contribution < -0.4 is 10.1 Å². The molecule has 0 radical (unpaired) electrons. The fourth-order valence-corrected chi connectivity index (χ4v) is 3.39. The van der Waals surface area contributed by atoms with Gasteiger partial charge >= 0.3 is 5.97 Å². The van der Waals surface area contributed by atoms with Crippen molar-refractivity contribution in [2.45, 2.75) is 13.3 Å². The number of esters is 1. The molecule has 0 unspecified atom stereocenters. The number of ether oxygens (including phenoxy) is 2. The number of carbonyl (C=O) groups is 1. The highest BCUT2D eigenvalue weighted by Crippen LogP contribution is 2.31. The summed E-state index contributed by atoms with van der Waals surface area (Å²) >= 11 is 0. The fraction of sp³-hybridized carbons (Fsp3) is 0.154. The number of nitrogens with zero attached hydrogens (tertiary/aromatic N) is 1. The van der Waals surface area contributed by atoms with Gasteiger partial charge in [-0.15, -0.1) is 0 Å². The summed E-state index contributed by atoms with van der Waals surface area (Å²) in [5.74, 6) is 1.02. The van der Waals surface area contributed by atoms with E-state index in [9.17, 15) is 4.79 Å². The Kier molecular flexibility index (Phi) is 6.43. The summed E-state index contributed by atoms with van der Waals surface area (Å²) in [6.45, 7) is 2.76. The number of nitrogens with one attached hydrogen (secondary N) is 1. The lowest BCUT2D eigenvalue weighted by Gasteiger charge is -2.15. The van der Waals surface area contributed by atoms with Gasteiger partial charge in [-0.05, 0) is 49.2 Å². The monoisotopic (exact) mass is 412 g/mol. The first-order valence-corrected chi connectivity index (χ1v) is 10.3. The first-order valence-electron chi connectivity index (χ1n) is 10.3. The molecule has 3 aromatic carbocycles. The van der Waals surface area contributed by atoms with Gasteiger partial charge in [-0.2, -0.15) is 0 Å². The average molecular weight is 412 g/mol. The molecule has 0 spiro atoms. The molecule has 0 aliphatic rings. The molecule has 5 heteroatoms. The summed E-state index contributed by atoms with van der Waals surface area (Å²) in [5, 5.41) is 4.25. The fourth-order valence-electron chi connectivity index (χ4n) is 3.39. The predicted octanol–water partition coefficient (Wildman–Crippen LogP) is 5.86. The molecule has 0 saturated heterocycles. The van der Waals surface area contributed by atoms with E-state index in [4.69, 9.17) is 9.47 Å². The van der Waals surface area contributed by atoms with Crippen LogP contribution in [0.1, 0.15) is 22.8 Å². The van der Waals surface area contributed by atoms with Crippen LogP contribution in [0.25, 0.3) is 10.9 Å². The zero-order valence-electron chi connectivity index (χ0n) is 17.4. The van der Waals surface area contributed by atoms with Crippen molar-refractivity contribution in [1.29, 1.82) is 0 Å². The van der Waals surface area contributed by atoms with E-state index in [1.807, 2.05) is 66.7 Å². The second kappa shape index (κ2) is 9.76. The lowest BCUT2D eigenvalue weighted by Crippen LogP contribution is -2.13. The zero-order chi connectivity index (χ0) is 21.5. The van der Waals surface area contributed by atoms with E-state index in [1.54, 1.807) is 13.1 Å². The molecule has 156 valence electrons. The van der Waals surface area contributed by atoms with Crippen molar-refractivity contribution in [2.24, 2.45) is 0 Å². The van der Waals surface area contributed by atoms with Gasteiger partial charge in [0.1, 0.15) is 17.1 Å². The summed E-state index contributed by atoms with van der Waals surface area (Å²) in [5.41, 5.74) is 3.12. The molecule has 1 N–H and O–H groups in total. The maximum absolute atomic E-state index is 12.6. The highest BCUT2D eigenvalue weighted by Gasteiger charge is 2.17. The van der Waals surface area contributed by atoms with Gasteiger partial charge in [-0.25, -0.2) is 4.79 Å². The van der Waals surface area contributed by atoms with Gasteiger partial charge in [0.2, 0.25) is 0 Å². The third-order valence-electron chi connectivity index (χ3n) is 4.87. The highest BCUT2D eigenvalue weighted by atomic mass is 16.5. The van der Waals surface area contributed by atoms with Crippen LogP contribution in [0, 0.1) is 0 Å². The average Bonchev–Trinajstić information content (AvgIpc) is 2.80. The van der Waals surface area contributed by atoms with Crippen LogP contribution >= 0.6 is 0 Å². The molecule has 0 fully saturated rings. The van der Waals surface area contributed by atoms with E-state index in [0.29, 0.717) is 30.2 Å². The topological polar surface area (TPSA) is 60.5 Å². The maximum Gasteiger partial charge on any atom is 0.341 e. The zero-order valence-corrected chi connectivity index (χ0v) is 17.4. The van der Waals surface area contributed by atoms with Crippen LogP contribution in [-0.2, 0) is 11.2 Å². The molecule has 0 aliphatic carbocycles. The van der Waals surface area contributed by atoms with Gasteiger partial charge in [0, 0.05) is 18.1 Å². The quantitative estimate of drug-likeness (QED) is 0.367. The number of rotatable bonds is 8. The smallest absolute Gasteiger partial charge is 0.341 e. The molecular weight excluding hydrogens is 388 g/mol. The first-order chi connectivity index (χ1) is 15.2. The first kappa shape index (κ1) is 20.4. The number of hydrogen-bond acceptors (Lipinski definition) is 5. The van der Waals surface area contributed by atoms with Crippen molar-refractivity contribution in [1.82, 2.24) is 4.98 Å². The van der Waals surface area contributed by atoms with Gasteiger partial charge in [0.25, 0.3) is 0 Å². The third-order valence-corrected chi connectivity index (χ3v) is 4.87. The van der Waals surface area contributed by atoms with Crippen molar-refractivity contribution < 1.29 is 14.3 Å². The third kappa shape index (κ3) is 5.01. The van der Waals surface area contributed by atoms with Crippen LogP contribution in [0.15, 0.2) is 85.1 Å². The summed E-state index contributed by atoms with van der Waals surface area (Å²) in [6.07, 6.45) is 2.40. The van der Waals surface area contributed by atoms with E-state index in [-0.39, 0.29) is 0 Å². The van der Waals surface area contributed by atoms with E-state index >= 15 is 0 Å². The minimum atomic E-state index is -0.395. The molecule has 4 rings (SSSR count). The number of para-hydroxylation sites is 1. The number of fused-ring (bicyclic) bond motifs is 1. The van der Waals surface area contributed by atoms with Crippen molar-refractivity contribution in [3.8, 4) is 11.5 Å². The standard InChI is InChI=1S/C26H24N2O3/c1-2-30-26(29)23-18-28-24-14-13-21(31-20-11-7-4-8-12-20)17-22(24)25(23)27-16-15-19-9-5-3-6-10-19/h3-14,17-18H,2,15-16H2,1H3,(H,27,28). The molecule has 1 aromatic heterocycles. The van der Waals surface area contributed by atoms with Crippen molar-refractivity contribution >= 4 is 22.6 Å². The number of anilines is 1. The summed E-state index contributed by atoms with van der Waals surface area (Å²) in [6, 6.07) is 25.5. The van der Waals surface area contributed by atoms with Crippen LogP contribution in [0.2, 0.25) is 0 Å². The SMILES string of the molecule is CCOC(=O)c1cnc2ccc(Oc3ccccc3)cc2c1NCCc1ccccc1. The number of pyridine rings is 1. The lowest BCUT2D eigenvalue weighted by atomic mass is 10.1. The van der Waals surface area contributed by atoms with Crippen molar-refractivity contribution in [2.75, 3.05) is 18.5 Å². The Morgan fingerprint density at radius 1 is 0.935 bits per heavy atom.